The number of rotatable bonds is 6. The molecule has 0 radical (unpaired) electrons. The fraction of sp³-hybridized carbons (Fsp3) is 0.588. The van der Waals surface area contributed by atoms with E-state index in [0.717, 1.165) is 37.0 Å². The van der Waals surface area contributed by atoms with Crippen LogP contribution in [0.1, 0.15) is 20.3 Å². The molecule has 1 aromatic carbocycles. The molecule has 0 aromatic heterocycles. The maximum absolute atomic E-state index is 9.68. The lowest BCUT2D eigenvalue weighted by atomic mass is 10.3. The van der Waals surface area contributed by atoms with Crippen molar-refractivity contribution in [3.63, 3.8) is 0 Å². The van der Waals surface area contributed by atoms with Gasteiger partial charge in [0, 0.05) is 25.7 Å². The van der Waals surface area contributed by atoms with Crippen LogP contribution in [0.5, 0.6) is 11.5 Å². The summed E-state index contributed by atoms with van der Waals surface area (Å²) in [5.74, 6) is 2.39. The fourth-order valence-electron chi connectivity index (χ4n) is 2.52. The van der Waals surface area contributed by atoms with Crippen LogP contribution in [0, 0.1) is 0 Å². The van der Waals surface area contributed by atoms with Crippen molar-refractivity contribution in [1.82, 2.24) is 10.2 Å². The number of β-amino-alcohol motifs (C(OH)–C–C–N with tert-alkyl or cyclic N) is 1. The van der Waals surface area contributed by atoms with E-state index in [4.69, 9.17) is 9.47 Å². The first-order valence-corrected chi connectivity index (χ1v) is 8.14. The molecule has 2 rings (SSSR count). The number of methoxy groups -OCH3 is 1. The Morgan fingerprint density at radius 3 is 2.83 bits per heavy atom. The summed E-state index contributed by atoms with van der Waals surface area (Å²) < 4.78 is 11.1. The maximum atomic E-state index is 9.68. The molecule has 1 saturated heterocycles. The predicted octanol–water partition coefficient (Wildman–Crippen LogP) is 2.11. The van der Waals surface area contributed by atoms with Crippen LogP contribution >= 0.6 is 24.0 Å². The third kappa shape index (κ3) is 6.35. The average Bonchev–Trinajstić information content (AvgIpc) is 2.98. The van der Waals surface area contributed by atoms with Crippen molar-refractivity contribution in [2.75, 3.05) is 33.3 Å². The summed E-state index contributed by atoms with van der Waals surface area (Å²) in [7, 11) is 1.64. The summed E-state index contributed by atoms with van der Waals surface area (Å²) in [6.45, 7) is 6.85. The Bertz CT molecular complexity index is 528. The van der Waals surface area contributed by atoms with E-state index in [1.807, 2.05) is 38.1 Å². The number of nitrogens with one attached hydrogen (secondary N) is 1. The average molecular weight is 449 g/mol. The van der Waals surface area contributed by atoms with E-state index in [1.54, 1.807) is 7.11 Å². The molecular weight excluding hydrogens is 421 g/mol. The Hall–Kier alpha value is -1.22. The second-order valence-electron chi connectivity index (χ2n) is 5.69. The lowest BCUT2D eigenvalue weighted by Gasteiger charge is -2.22. The molecule has 24 heavy (non-hydrogen) atoms. The van der Waals surface area contributed by atoms with Gasteiger partial charge >= 0.3 is 0 Å². The number of hydrogen-bond acceptors (Lipinski definition) is 4. The van der Waals surface area contributed by atoms with Gasteiger partial charge in [-0.15, -0.1) is 24.0 Å². The van der Waals surface area contributed by atoms with Crippen molar-refractivity contribution in [1.29, 1.82) is 0 Å². The Morgan fingerprint density at radius 1 is 1.46 bits per heavy atom. The van der Waals surface area contributed by atoms with Gasteiger partial charge in [-0.05, 0) is 32.4 Å². The highest BCUT2D eigenvalue weighted by molar-refractivity contribution is 14.0. The number of halogens is 1. The molecule has 1 aliphatic heterocycles. The highest BCUT2D eigenvalue weighted by Gasteiger charge is 2.22. The van der Waals surface area contributed by atoms with Gasteiger partial charge in [-0.1, -0.05) is 6.07 Å². The molecule has 6 nitrogen and oxygen atoms in total. The minimum atomic E-state index is -0.260. The Balaban J connectivity index is 0.00000288. The second kappa shape index (κ2) is 10.6. The summed E-state index contributed by atoms with van der Waals surface area (Å²) >= 11 is 0. The summed E-state index contributed by atoms with van der Waals surface area (Å²) in [6, 6.07) is 7.56. The lowest BCUT2D eigenvalue weighted by molar-refractivity contribution is 0.187. The molecule has 0 spiro atoms. The third-order valence-electron chi connectivity index (χ3n) is 3.67. The van der Waals surface area contributed by atoms with E-state index in [1.165, 1.54) is 0 Å². The number of guanidine groups is 1. The highest BCUT2D eigenvalue weighted by Crippen LogP contribution is 2.20. The maximum Gasteiger partial charge on any atom is 0.194 e. The van der Waals surface area contributed by atoms with Crippen molar-refractivity contribution in [2.24, 2.45) is 4.99 Å². The molecule has 0 amide bonds. The second-order valence-corrected chi connectivity index (χ2v) is 5.69. The van der Waals surface area contributed by atoms with Crippen molar-refractivity contribution < 1.29 is 14.6 Å². The normalized spacial score (nSPS) is 18.8. The number of likely N-dealkylation sites (tertiary alicyclic amines) is 1. The van der Waals surface area contributed by atoms with Crippen LogP contribution in [0.25, 0.3) is 0 Å². The van der Waals surface area contributed by atoms with Crippen LogP contribution in [0.15, 0.2) is 29.3 Å². The minimum Gasteiger partial charge on any atom is -0.497 e. The van der Waals surface area contributed by atoms with Crippen molar-refractivity contribution in [2.45, 2.75) is 32.5 Å². The van der Waals surface area contributed by atoms with Crippen LogP contribution in [-0.2, 0) is 0 Å². The molecule has 1 unspecified atom stereocenters. The first-order valence-electron chi connectivity index (χ1n) is 8.14. The molecule has 1 aliphatic rings. The smallest absolute Gasteiger partial charge is 0.194 e. The number of aliphatic hydroxyl groups is 1. The zero-order valence-corrected chi connectivity index (χ0v) is 16.9. The van der Waals surface area contributed by atoms with Gasteiger partial charge in [0.2, 0.25) is 0 Å². The largest absolute Gasteiger partial charge is 0.497 e. The van der Waals surface area contributed by atoms with Gasteiger partial charge in [0.1, 0.15) is 17.6 Å². The summed E-state index contributed by atoms with van der Waals surface area (Å²) in [5, 5.41) is 12.9. The molecule has 7 heteroatoms. The number of aliphatic hydroxyl groups excluding tert-OH is 1. The van der Waals surface area contributed by atoms with E-state index in [-0.39, 0.29) is 36.2 Å². The zero-order valence-electron chi connectivity index (χ0n) is 14.6. The fourth-order valence-corrected chi connectivity index (χ4v) is 2.52. The lowest BCUT2D eigenvalue weighted by Crippen LogP contribution is -2.41. The van der Waals surface area contributed by atoms with Gasteiger partial charge in [-0.3, -0.25) is 0 Å². The topological polar surface area (TPSA) is 66.3 Å². The standard InChI is InChI=1S/C17H27N3O3.HI/c1-4-18-17(20-9-8-14(21)12-20)19-11-13(2)23-16-7-5-6-15(10-16)22-3;/h5-7,10,13-14,21H,4,8-9,11-12H2,1-3H3,(H,18,19);1H/t13?,14-;/m1./s1. The molecule has 0 aliphatic carbocycles. The van der Waals surface area contributed by atoms with Gasteiger partial charge < -0.3 is 24.8 Å². The molecule has 1 aromatic rings. The van der Waals surface area contributed by atoms with Gasteiger partial charge in [0.25, 0.3) is 0 Å². The molecule has 2 N–H and O–H groups in total. The van der Waals surface area contributed by atoms with Crippen LogP contribution in [0.2, 0.25) is 0 Å². The third-order valence-corrected chi connectivity index (χ3v) is 3.67. The zero-order chi connectivity index (χ0) is 16.7. The van der Waals surface area contributed by atoms with Gasteiger partial charge in [-0.2, -0.15) is 0 Å². The Kier molecular flexibility index (Phi) is 9.20. The number of benzene rings is 1. The predicted molar refractivity (Wildman–Crippen MR) is 107 cm³/mol. The first-order chi connectivity index (χ1) is 11.1. The van der Waals surface area contributed by atoms with Crippen LogP contribution < -0.4 is 14.8 Å². The summed E-state index contributed by atoms with van der Waals surface area (Å²) in [4.78, 5) is 6.72. The van der Waals surface area contributed by atoms with Crippen molar-refractivity contribution in [3.05, 3.63) is 24.3 Å². The SMILES string of the molecule is CCNC(=NCC(C)Oc1cccc(OC)c1)N1CC[C@@H](O)C1.I. The van der Waals surface area contributed by atoms with Crippen LogP contribution in [0.3, 0.4) is 0 Å². The van der Waals surface area contributed by atoms with Crippen molar-refractivity contribution in [3.8, 4) is 11.5 Å². The summed E-state index contributed by atoms with van der Waals surface area (Å²) in [5.41, 5.74) is 0. The van der Waals surface area contributed by atoms with E-state index in [2.05, 4.69) is 15.2 Å². The number of nitrogens with zero attached hydrogens (tertiary/aromatic N) is 2. The van der Waals surface area contributed by atoms with E-state index in [9.17, 15) is 5.11 Å². The highest BCUT2D eigenvalue weighted by atomic mass is 127. The van der Waals surface area contributed by atoms with E-state index >= 15 is 0 Å². The quantitative estimate of drug-likeness (QED) is 0.396. The van der Waals surface area contributed by atoms with E-state index < -0.39 is 0 Å². The first kappa shape index (κ1) is 20.8. The minimum absolute atomic E-state index is 0. The van der Waals surface area contributed by atoms with Gasteiger partial charge in [0.15, 0.2) is 5.96 Å². The van der Waals surface area contributed by atoms with Crippen LogP contribution in [0.4, 0.5) is 0 Å². The molecule has 1 fully saturated rings. The van der Waals surface area contributed by atoms with Gasteiger partial charge in [0.05, 0.1) is 19.8 Å². The Morgan fingerprint density at radius 2 is 2.21 bits per heavy atom. The van der Waals surface area contributed by atoms with Gasteiger partial charge in [-0.25, -0.2) is 4.99 Å². The Labute approximate surface area is 161 Å². The molecule has 2 atom stereocenters. The molecule has 1 heterocycles. The number of ether oxygens (including phenoxy) is 2. The molecule has 0 saturated carbocycles. The number of hydrogen-bond donors (Lipinski definition) is 2. The molecule has 136 valence electrons. The van der Waals surface area contributed by atoms with Crippen LogP contribution in [-0.4, -0.2) is 61.5 Å². The monoisotopic (exact) mass is 449 g/mol. The molecular formula is C17H28IN3O3. The molecule has 0 bridgehead atoms. The summed E-state index contributed by atoms with van der Waals surface area (Å²) in [6.07, 6.45) is 0.480. The van der Waals surface area contributed by atoms with Crippen molar-refractivity contribution >= 4 is 29.9 Å². The van der Waals surface area contributed by atoms with E-state index in [0.29, 0.717) is 13.1 Å². The number of aliphatic imine (C=N–C) groups is 1.